The molecular formula is C6H11N5O2. The molecule has 1 rings (SSSR count). The number of rotatable bonds is 4. The van der Waals surface area contributed by atoms with Gasteiger partial charge in [-0.05, 0) is 12.1 Å². The van der Waals surface area contributed by atoms with Crippen molar-refractivity contribution in [2.24, 2.45) is 5.73 Å². The van der Waals surface area contributed by atoms with E-state index in [0.717, 1.165) is 0 Å². The Labute approximate surface area is 74.5 Å². The quantitative estimate of drug-likeness (QED) is 0.611. The molecule has 0 aliphatic rings. The molecule has 7 heteroatoms. The third kappa shape index (κ3) is 2.00. The zero-order valence-electron chi connectivity index (χ0n) is 7.21. The molecule has 0 saturated carbocycles. The molecule has 0 aliphatic carbocycles. The van der Waals surface area contributed by atoms with Crippen LogP contribution < -0.4 is 5.73 Å². The second kappa shape index (κ2) is 3.94. The molecule has 7 nitrogen and oxygen atoms in total. The molecule has 13 heavy (non-hydrogen) atoms. The molecule has 1 heterocycles. The summed E-state index contributed by atoms with van der Waals surface area (Å²) in [5.74, 6) is -1.73. The van der Waals surface area contributed by atoms with E-state index in [9.17, 15) is 4.79 Å². The van der Waals surface area contributed by atoms with Crippen LogP contribution in [-0.2, 0) is 11.3 Å². The fourth-order valence-electron chi connectivity index (χ4n) is 0.846. The number of nitrogens with two attached hydrogens (primary N) is 1. The van der Waals surface area contributed by atoms with Gasteiger partial charge in [0.25, 0.3) is 0 Å². The van der Waals surface area contributed by atoms with Crippen molar-refractivity contribution in [3.05, 3.63) is 5.82 Å². The molecule has 1 aromatic heterocycles. The Hall–Kier alpha value is -1.50. The summed E-state index contributed by atoms with van der Waals surface area (Å²) in [6.07, 6.45) is 0. The highest BCUT2D eigenvalue weighted by Crippen LogP contribution is 2.07. The molecule has 72 valence electrons. The second-order valence-corrected chi connectivity index (χ2v) is 2.46. The molecule has 0 aliphatic heterocycles. The van der Waals surface area contributed by atoms with Crippen molar-refractivity contribution >= 4 is 5.97 Å². The maximum Gasteiger partial charge on any atom is 0.315 e. The van der Waals surface area contributed by atoms with Gasteiger partial charge in [-0.15, -0.1) is 10.2 Å². The third-order valence-corrected chi connectivity index (χ3v) is 1.60. The maximum atomic E-state index is 10.6. The summed E-state index contributed by atoms with van der Waals surface area (Å²) < 4.78 is 0. The first kappa shape index (κ1) is 9.59. The number of aromatic nitrogens is 4. The van der Waals surface area contributed by atoms with E-state index in [-0.39, 0.29) is 12.4 Å². The average Bonchev–Trinajstić information content (AvgIpc) is 2.53. The van der Waals surface area contributed by atoms with Gasteiger partial charge in [-0.1, -0.05) is 0 Å². The molecule has 0 aromatic carbocycles. The number of carboxylic acid groups (broad SMARTS) is 1. The number of nitrogens with zero attached hydrogens (tertiary/aromatic N) is 4. The van der Waals surface area contributed by atoms with Crippen molar-refractivity contribution in [3.63, 3.8) is 0 Å². The fourth-order valence-corrected chi connectivity index (χ4v) is 0.846. The molecular weight excluding hydrogens is 174 g/mol. The first-order chi connectivity index (χ1) is 6.19. The first-order valence-electron chi connectivity index (χ1n) is 3.89. The Bertz CT molecular complexity index is 297. The number of tetrazole rings is 1. The highest BCUT2D eigenvalue weighted by Gasteiger charge is 2.22. The Balaban J connectivity index is 2.85. The predicted octanol–water partition coefficient (Wildman–Crippen LogP) is -1.18. The molecule has 0 spiro atoms. The van der Waals surface area contributed by atoms with Crippen LogP contribution in [0.5, 0.6) is 0 Å². The molecule has 1 aromatic rings. The largest absolute Gasteiger partial charge is 0.481 e. The highest BCUT2D eigenvalue weighted by molar-refractivity contribution is 5.74. The average molecular weight is 185 g/mol. The fraction of sp³-hybridized carbons (Fsp3) is 0.667. The lowest BCUT2D eigenvalue weighted by atomic mass is 10.1. The number of hydrogen-bond donors (Lipinski definition) is 2. The van der Waals surface area contributed by atoms with Crippen molar-refractivity contribution in [1.82, 2.24) is 20.2 Å². The standard InChI is InChI=1S/C6H11N5O2/c1-2-11-9-5(8-10-11)4(3-7)6(12)13/h4H,2-3,7H2,1H3,(H,12,13). The van der Waals surface area contributed by atoms with Gasteiger partial charge in [0.2, 0.25) is 0 Å². The van der Waals surface area contributed by atoms with Gasteiger partial charge in [0.15, 0.2) is 5.82 Å². The van der Waals surface area contributed by atoms with E-state index in [0.29, 0.717) is 6.54 Å². The summed E-state index contributed by atoms with van der Waals surface area (Å²) in [4.78, 5) is 12.0. The Morgan fingerprint density at radius 2 is 2.46 bits per heavy atom. The summed E-state index contributed by atoms with van der Waals surface area (Å²) in [6.45, 7) is 2.37. The SMILES string of the molecule is CCn1nnc(C(CN)C(=O)O)n1. The van der Waals surface area contributed by atoms with Gasteiger partial charge in [-0.3, -0.25) is 4.79 Å². The maximum absolute atomic E-state index is 10.6. The lowest BCUT2D eigenvalue weighted by Crippen LogP contribution is -2.22. The van der Waals surface area contributed by atoms with E-state index in [4.69, 9.17) is 10.8 Å². The number of carboxylic acids is 1. The van der Waals surface area contributed by atoms with Gasteiger partial charge >= 0.3 is 5.97 Å². The van der Waals surface area contributed by atoms with E-state index < -0.39 is 11.9 Å². The van der Waals surface area contributed by atoms with E-state index in [2.05, 4.69) is 15.4 Å². The van der Waals surface area contributed by atoms with E-state index in [1.165, 1.54) is 4.80 Å². The third-order valence-electron chi connectivity index (χ3n) is 1.60. The van der Waals surface area contributed by atoms with E-state index in [1.807, 2.05) is 6.92 Å². The topological polar surface area (TPSA) is 107 Å². The van der Waals surface area contributed by atoms with Crippen LogP contribution in [0.25, 0.3) is 0 Å². The van der Waals surface area contributed by atoms with Crippen molar-refractivity contribution in [3.8, 4) is 0 Å². The van der Waals surface area contributed by atoms with Crippen LogP contribution in [0.4, 0.5) is 0 Å². The van der Waals surface area contributed by atoms with Crippen LogP contribution in [0.2, 0.25) is 0 Å². The summed E-state index contributed by atoms with van der Waals surface area (Å²) >= 11 is 0. The minimum absolute atomic E-state index is 0.0231. The minimum atomic E-state index is -1.03. The molecule has 0 bridgehead atoms. The van der Waals surface area contributed by atoms with Gasteiger partial charge in [-0.2, -0.15) is 4.80 Å². The zero-order chi connectivity index (χ0) is 9.84. The van der Waals surface area contributed by atoms with Crippen LogP contribution in [-0.4, -0.2) is 37.8 Å². The van der Waals surface area contributed by atoms with Gasteiger partial charge in [-0.25, -0.2) is 0 Å². The van der Waals surface area contributed by atoms with E-state index in [1.54, 1.807) is 0 Å². The van der Waals surface area contributed by atoms with Gasteiger partial charge < -0.3 is 10.8 Å². The van der Waals surface area contributed by atoms with Crippen LogP contribution in [0.3, 0.4) is 0 Å². The highest BCUT2D eigenvalue weighted by atomic mass is 16.4. The van der Waals surface area contributed by atoms with Crippen molar-refractivity contribution in [1.29, 1.82) is 0 Å². The lowest BCUT2D eigenvalue weighted by Gasteiger charge is -2.02. The van der Waals surface area contributed by atoms with Crippen molar-refractivity contribution in [2.75, 3.05) is 6.54 Å². The monoisotopic (exact) mass is 185 g/mol. The summed E-state index contributed by atoms with van der Waals surface area (Å²) in [5, 5.41) is 19.8. The molecule has 1 unspecified atom stereocenters. The Morgan fingerprint density at radius 1 is 1.77 bits per heavy atom. The van der Waals surface area contributed by atoms with Gasteiger partial charge in [0.05, 0.1) is 6.54 Å². The first-order valence-corrected chi connectivity index (χ1v) is 3.89. The van der Waals surface area contributed by atoms with Crippen LogP contribution >= 0.6 is 0 Å². The molecule has 1 atom stereocenters. The number of aryl methyl sites for hydroxylation is 1. The van der Waals surface area contributed by atoms with Crippen LogP contribution in [0.1, 0.15) is 18.7 Å². The second-order valence-electron chi connectivity index (χ2n) is 2.46. The number of hydrogen-bond acceptors (Lipinski definition) is 5. The smallest absolute Gasteiger partial charge is 0.315 e. The minimum Gasteiger partial charge on any atom is -0.481 e. The summed E-state index contributed by atoms with van der Waals surface area (Å²) in [5.41, 5.74) is 5.26. The van der Waals surface area contributed by atoms with E-state index >= 15 is 0 Å². The molecule has 0 saturated heterocycles. The van der Waals surface area contributed by atoms with Crippen LogP contribution in [0.15, 0.2) is 0 Å². The molecule has 0 fully saturated rings. The van der Waals surface area contributed by atoms with Gasteiger partial charge in [0, 0.05) is 6.54 Å². The zero-order valence-corrected chi connectivity index (χ0v) is 7.21. The predicted molar refractivity (Wildman–Crippen MR) is 42.9 cm³/mol. The Morgan fingerprint density at radius 3 is 2.85 bits per heavy atom. The summed E-state index contributed by atoms with van der Waals surface area (Å²) in [6, 6.07) is 0. The van der Waals surface area contributed by atoms with Crippen molar-refractivity contribution < 1.29 is 9.90 Å². The Kier molecular flexibility index (Phi) is 2.91. The lowest BCUT2D eigenvalue weighted by molar-refractivity contribution is -0.138. The van der Waals surface area contributed by atoms with Gasteiger partial charge in [0.1, 0.15) is 5.92 Å². The molecule has 0 amide bonds. The van der Waals surface area contributed by atoms with Crippen molar-refractivity contribution in [2.45, 2.75) is 19.4 Å². The molecule has 3 N–H and O–H groups in total. The summed E-state index contributed by atoms with van der Waals surface area (Å²) in [7, 11) is 0. The normalized spacial score (nSPS) is 12.8. The van der Waals surface area contributed by atoms with Crippen LogP contribution in [0, 0.1) is 0 Å². The number of aliphatic carboxylic acids is 1. The number of carbonyl (C=O) groups is 1. The molecule has 0 radical (unpaired) electrons.